The number of nitriles is 1. The summed E-state index contributed by atoms with van der Waals surface area (Å²) >= 11 is 0. The molecule has 4 heteroatoms. The summed E-state index contributed by atoms with van der Waals surface area (Å²) in [5, 5.41) is 11.4. The molecule has 0 atom stereocenters. The van der Waals surface area contributed by atoms with Gasteiger partial charge in [0.15, 0.2) is 0 Å². The van der Waals surface area contributed by atoms with E-state index in [1.165, 1.54) is 0 Å². The highest BCUT2D eigenvalue weighted by Crippen LogP contribution is 1.97. The third-order valence-corrected chi connectivity index (χ3v) is 2.40. The fourth-order valence-electron chi connectivity index (χ4n) is 1.45. The van der Waals surface area contributed by atoms with Crippen LogP contribution in [-0.2, 0) is 0 Å². The van der Waals surface area contributed by atoms with Crippen molar-refractivity contribution in [1.82, 2.24) is 15.1 Å². The number of piperazine rings is 1. The van der Waals surface area contributed by atoms with Gasteiger partial charge in [0.1, 0.15) is 0 Å². The summed E-state index contributed by atoms with van der Waals surface area (Å²) in [7, 11) is 2.16. The summed E-state index contributed by atoms with van der Waals surface area (Å²) in [6.45, 7) is 7.10. The third-order valence-electron chi connectivity index (χ3n) is 2.40. The van der Waals surface area contributed by atoms with E-state index in [2.05, 4.69) is 28.2 Å². The Labute approximate surface area is 80.1 Å². The van der Waals surface area contributed by atoms with Crippen LogP contribution in [0.4, 0.5) is 0 Å². The Hall–Kier alpha value is -0.630. The van der Waals surface area contributed by atoms with Crippen LogP contribution in [0, 0.1) is 11.3 Å². The number of nitrogens with zero attached hydrogens (tertiary/aromatic N) is 3. The molecule has 0 aromatic heterocycles. The van der Waals surface area contributed by atoms with Crippen molar-refractivity contribution in [2.75, 3.05) is 52.9 Å². The van der Waals surface area contributed by atoms with Gasteiger partial charge in [-0.15, -0.1) is 0 Å². The molecular weight excluding hydrogens is 164 g/mol. The molecular formula is C9H18N4. The first-order chi connectivity index (χ1) is 6.33. The Bertz CT molecular complexity index is 167. The molecule has 1 rings (SSSR count). The monoisotopic (exact) mass is 182 g/mol. The number of hydrogen-bond donors (Lipinski definition) is 1. The minimum Gasteiger partial charge on any atom is -0.304 e. The van der Waals surface area contributed by atoms with Gasteiger partial charge >= 0.3 is 0 Å². The van der Waals surface area contributed by atoms with Gasteiger partial charge in [-0.3, -0.25) is 4.90 Å². The summed E-state index contributed by atoms with van der Waals surface area (Å²) < 4.78 is 0. The van der Waals surface area contributed by atoms with Crippen LogP contribution in [0.15, 0.2) is 0 Å². The maximum absolute atomic E-state index is 8.31. The minimum absolute atomic E-state index is 0.466. The van der Waals surface area contributed by atoms with Crippen LogP contribution in [0.5, 0.6) is 0 Å². The minimum atomic E-state index is 0.466. The van der Waals surface area contributed by atoms with Gasteiger partial charge in [-0.05, 0) is 7.05 Å². The SMILES string of the molecule is CN1CCN(CCNCC#N)CC1. The van der Waals surface area contributed by atoms with Gasteiger partial charge in [0.25, 0.3) is 0 Å². The molecule has 1 aliphatic rings. The smallest absolute Gasteiger partial charge is 0.0841 e. The molecule has 0 saturated carbocycles. The van der Waals surface area contributed by atoms with Crippen molar-refractivity contribution in [3.63, 3.8) is 0 Å². The first-order valence-electron chi connectivity index (χ1n) is 4.81. The third kappa shape index (κ3) is 4.23. The van der Waals surface area contributed by atoms with Crippen LogP contribution in [0.1, 0.15) is 0 Å². The van der Waals surface area contributed by atoms with Gasteiger partial charge in [0.05, 0.1) is 12.6 Å². The zero-order valence-corrected chi connectivity index (χ0v) is 8.29. The highest BCUT2D eigenvalue weighted by atomic mass is 15.2. The van der Waals surface area contributed by atoms with Crippen molar-refractivity contribution in [3.8, 4) is 6.07 Å². The Balaban J connectivity index is 2.00. The first-order valence-corrected chi connectivity index (χ1v) is 4.81. The van der Waals surface area contributed by atoms with Crippen molar-refractivity contribution >= 4 is 0 Å². The van der Waals surface area contributed by atoms with E-state index in [1.54, 1.807) is 0 Å². The molecule has 0 bridgehead atoms. The molecule has 4 nitrogen and oxygen atoms in total. The van der Waals surface area contributed by atoms with Crippen molar-refractivity contribution in [2.24, 2.45) is 0 Å². The van der Waals surface area contributed by atoms with Crippen LogP contribution in [0.25, 0.3) is 0 Å². The van der Waals surface area contributed by atoms with Gasteiger partial charge in [0.2, 0.25) is 0 Å². The number of hydrogen-bond acceptors (Lipinski definition) is 4. The van der Waals surface area contributed by atoms with Gasteiger partial charge < -0.3 is 10.2 Å². The molecule has 0 amide bonds. The summed E-state index contributed by atoms with van der Waals surface area (Å²) in [4.78, 5) is 4.78. The van der Waals surface area contributed by atoms with Gasteiger partial charge in [-0.2, -0.15) is 5.26 Å². The highest BCUT2D eigenvalue weighted by Gasteiger charge is 2.12. The van der Waals surface area contributed by atoms with E-state index in [-0.39, 0.29) is 0 Å². The molecule has 0 unspecified atom stereocenters. The standard InChI is InChI=1S/C9H18N4/c1-12-6-8-13(9-7-12)5-4-11-3-2-10/h11H,3-9H2,1H3. The maximum atomic E-state index is 8.31. The van der Waals surface area contributed by atoms with E-state index < -0.39 is 0 Å². The molecule has 0 aromatic carbocycles. The lowest BCUT2D eigenvalue weighted by molar-refractivity contribution is 0.155. The van der Waals surface area contributed by atoms with Crippen LogP contribution >= 0.6 is 0 Å². The van der Waals surface area contributed by atoms with Crippen LogP contribution in [-0.4, -0.2) is 62.7 Å². The average molecular weight is 182 g/mol. The van der Waals surface area contributed by atoms with Crippen molar-refractivity contribution in [1.29, 1.82) is 5.26 Å². The Morgan fingerprint density at radius 2 is 2.00 bits per heavy atom. The predicted molar refractivity (Wildman–Crippen MR) is 52.4 cm³/mol. The number of rotatable bonds is 4. The molecule has 1 aliphatic heterocycles. The molecule has 1 fully saturated rings. The second-order valence-electron chi connectivity index (χ2n) is 3.48. The molecule has 0 spiro atoms. The second kappa shape index (κ2) is 5.92. The Morgan fingerprint density at radius 1 is 1.31 bits per heavy atom. The molecule has 74 valence electrons. The second-order valence-corrected chi connectivity index (χ2v) is 3.48. The normalized spacial score (nSPS) is 20.0. The average Bonchev–Trinajstić information content (AvgIpc) is 2.15. The quantitative estimate of drug-likeness (QED) is 0.463. The lowest BCUT2D eigenvalue weighted by Gasteiger charge is -2.32. The van der Waals surface area contributed by atoms with E-state index in [1.807, 2.05) is 0 Å². The summed E-state index contributed by atoms with van der Waals surface area (Å²) in [5.74, 6) is 0. The molecule has 0 radical (unpaired) electrons. The molecule has 1 heterocycles. The van der Waals surface area contributed by atoms with E-state index in [0.717, 1.165) is 39.3 Å². The number of likely N-dealkylation sites (N-methyl/N-ethyl adjacent to an activating group) is 1. The first kappa shape index (κ1) is 10.5. The number of nitrogens with one attached hydrogen (secondary N) is 1. The largest absolute Gasteiger partial charge is 0.304 e. The Kier molecular flexibility index (Phi) is 4.76. The Morgan fingerprint density at radius 3 is 2.62 bits per heavy atom. The van der Waals surface area contributed by atoms with Gasteiger partial charge in [-0.1, -0.05) is 0 Å². The van der Waals surface area contributed by atoms with E-state index in [0.29, 0.717) is 6.54 Å². The van der Waals surface area contributed by atoms with Crippen molar-refractivity contribution in [3.05, 3.63) is 0 Å². The van der Waals surface area contributed by atoms with Crippen molar-refractivity contribution < 1.29 is 0 Å². The summed E-state index contributed by atoms with van der Waals surface area (Å²) in [5.41, 5.74) is 0. The highest BCUT2D eigenvalue weighted by molar-refractivity contribution is 4.74. The molecule has 1 N–H and O–H groups in total. The van der Waals surface area contributed by atoms with E-state index in [4.69, 9.17) is 5.26 Å². The lowest BCUT2D eigenvalue weighted by Crippen LogP contribution is -2.46. The van der Waals surface area contributed by atoms with Crippen LogP contribution < -0.4 is 5.32 Å². The fraction of sp³-hybridized carbons (Fsp3) is 0.889. The summed E-state index contributed by atoms with van der Waals surface area (Å²) in [6, 6.07) is 2.07. The molecule has 0 aromatic rings. The van der Waals surface area contributed by atoms with Gasteiger partial charge in [-0.25, -0.2) is 0 Å². The van der Waals surface area contributed by atoms with Crippen molar-refractivity contribution in [2.45, 2.75) is 0 Å². The van der Waals surface area contributed by atoms with E-state index in [9.17, 15) is 0 Å². The molecule has 0 aliphatic carbocycles. The van der Waals surface area contributed by atoms with Crippen LogP contribution in [0.2, 0.25) is 0 Å². The molecule has 1 saturated heterocycles. The topological polar surface area (TPSA) is 42.3 Å². The molecule has 13 heavy (non-hydrogen) atoms. The van der Waals surface area contributed by atoms with Gasteiger partial charge in [0, 0.05) is 39.3 Å². The predicted octanol–water partition coefficient (Wildman–Crippen LogP) is -0.653. The van der Waals surface area contributed by atoms with E-state index >= 15 is 0 Å². The summed E-state index contributed by atoms with van der Waals surface area (Å²) in [6.07, 6.45) is 0. The van der Waals surface area contributed by atoms with Crippen LogP contribution in [0.3, 0.4) is 0 Å². The fourth-order valence-corrected chi connectivity index (χ4v) is 1.45. The zero-order valence-electron chi connectivity index (χ0n) is 8.29. The maximum Gasteiger partial charge on any atom is 0.0841 e. The lowest BCUT2D eigenvalue weighted by atomic mass is 10.3. The zero-order chi connectivity index (χ0) is 9.52.